The van der Waals surface area contributed by atoms with Crippen LogP contribution in [0.15, 0.2) is 42.9 Å². The maximum atomic E-state index is 12.9. The highest BCUT2D eigenvalue weighted by molar-refractivity contribution is 5.78. The Kier molecular flexibility index (Phi) is 4.44. The lowest BCUT2D eigenvalue weighted by Gasteiger charge is -2.41. The Morgan fingerprint density at radius 2 is 1.90 bits per heavy atom. The lowest BCUT2D eigenvalue weighted by molar-refractivity contribution is -0.140. The third-order valence-electron chi connectivity index (χ3n) is 6.36. The third kappa shape index (κ3) is 3.34. The predicted molar refractivity (Wildman–Crippen MR) is 106 cm³/mol. The highest BCUT2D eigenvalue weighted by Gasteiger charge is 2.47. The first-order valence-corrected chi connectivity index (χ1v) is 10.2. The fourth-order valence-electron chi connectivity index (χ4n) is 4.66. The number of hydrogen-bond donors (Lipinski definition) is 0. The molecule has 3 aliphatic rings. The summed E-state index contributed by atoms with van der Waals surface area (Å²) in [4.78, 5) is 25.7. The number of likely N-dealkylation sites (tertiary alicyclic amines) is 1. The second-order valence-electron chi connectivity index (χ2n) is 8.13. The SMILES string of the molecule is N#Cc1ccc(N2C3CC[C@H]2CN(C(=O)COC2(c4ccncc4)CC2)C3)nc1. The van der Waals surface area contributed by atoms with E-state index in [0.717, 1.165) is 37.1 Å². The van der Waals surface area contributed by atoms with Crippen LogP contribution in [0.2, 0.25) is 0 Å². The zero-order chi connectivity index (χ0) is 19.8. The second-order valence-corrected chi connectivity index (χ2v) is 8.13. The zero-order valence-electron chi connectivity index (χ0n) is 16.2. The van der Waals surface area contributed by atoms with Crippen LogP contribution in [0.1, 0.15) is 36.8 Å². The first kappa shape index (κ1) is 18.1. The molecular weight excluding hydrogens is 366 g/mol. The number of ether oxygens (including phenoxy) is 1. The van der Waals surface area contributed by atoms with Gasteiger partial charge in [-0.15, -0.1) is 0 Å². The van der Waals surface area contributed by atoms with Gasteiger partial charge in [0.25, 0.3) is 0 Å². The maximum absolute atomic E-state index is 12.9. The number of nitrogens with zero attached hydrogens (tertiary/aromatic N) is 5. The quantitative estimate of drug-likeness (QED) is 0.780. The second kappa shape index (κ2) is 7.12. The summed E-state index contributed by atoms with van der Waals surface area (Å²) < 4.78 is 6.09. The Hall–Kier alpha value is -2.98. The molecule has 5 rings (SSSR count). The van der Waals surface area contributed by atoms with E-state index in [0.29, 0.717) is 18.7 Å². The van der Waals surface area contributed by atoms with Crippen LogP contribution in [0.3, 0.4) is 0 Å². The molecule has 2 bridgehead atoms. The number of carbonyl (C=O) groups is 1. The van der Waals surface area contributed by atoms with Gasteiger partial charge in [-0.1, -0.05) is 0 Å². The van der Waals surface area contributed by atoms with Gasteiger partial charge >= 0.3 is 0 Å². The van der Waals surface area contributed by atoms with Gasteiger partial charge in [0.1, 0.15) is 18.5 Å². The fourth-order valence-corrected chi connectivity index (χ4v) is 4.66. The standard InChI is InChI=1S/C22H23N5O2/c23-11-16-1-4-20(25-12-16)27-18-2-3-19(27)14-26(13-18)21(28)15-29-22(7-8-22)17-5-9-24-10-6-17/h1,4-6,9-10,12,18-19H,2-3,7-8,13-15H2/t18-,19?/m0/s1. The van der Waals surface area contributed by atoms with Crippen LogP contribution in [0.25, 0.3) is 0 Å². The van der Waals surface area contributed by atoms with Crippen molar-refractivity contribution in [2.24, 2.45) is 0 Å². The van der Waals surface area contributed by atoms with Gasteiger partial charge < -0.3 is 14.5 Å². The summed E-state index contributed by atoms with van der Waals surface area (Å²) in [7, 11) is 0. The Morgan fingerprint density at radius 3 is 2.48 bits per heavy atom. The lowest BCUT2D eigenvalue weighted by Crippen LogP contribution is -2.56. The highest BCUT2D eigenvalue weighted by atomic mass is 16.5. The Bertz CT molecular complexity index is 922. The van der Waals surface area contributed by atoms with Crippen molar-refractivity contribution >= 4 is 11.7 Å². The largest absolute Gasteiger partial charge is 0.360 e. The molecule has 1 aliphatic carbocycles. The number of aromatic nitrogens is 2. The van der Waals surface area contributed by atoms with Crippen LogP contribution in [-0.4, -0.2) is 52.6 Å². The molecule has 7 heteroatoms. The molecule has 148 valence electrons. The summed E-state index contributed by atoms with van der Waals surface area (Å²) in [6.45, 7) is 1.52. The molecule has 0 radical (unpaired) electrons. The molecule has 2 aliphatic heterocycles. The molecule has 7 nitrogen and oxygen atoms in total. The summed E-state index contributed by atoms with van der Waals surface area (Å²) in [5.74, 6) is 0.962. The normalized spacial score (nSPS) is 24.2. The first-order chi connectivity index (χ1) is 14.2. The van der Waals surface area contributed by atoms with Crippen LogP contribution in [0.5, 0.6) is 0 Å². The average Bonchev–Trinajstić information content (AvgIpc) is 3.52. The van der Waals surface area contributed by atoms with E-state index in [1.54, 1.807) is 24.7 Å². The first-order valence-electron chi connectivity index (χ1n) is 10.2. The van der Waals surface area contributed by atoms with Gasteiger partial charge in [-0.05, 0) is 55.5 Å². The van der Waals surface area contributed by atoms with Crippen molar-refractivity contribution in [1.29, 1.82) is 5.26 Å². The number of carbonyl (C=O) groups excluding carboxylic acids is 1. The molecule has 4 heterocycles. The number of nitriles is 1. The van der Waals surface area contributed by atoms with Crippen LogP contribution >= 0.6 is 0 Å². The Morgan fingerprint density at radius 1 is 1.17 bits per heavy atom. The summed E-state index contributed by atoms with van der Waals surface area (Å²) >= 11 is 0. The van der Waals surface area contributed by atoms with Crippen molar-refractivity contribution in [2.45, 2.75) is 43.4 Å². The van der Waals surface area contributed by atoms with E-state index in [1.807, 2.05) is 23.1 Å². The fraction of sp³-hybridized carbons (Fsp3) is 0.455. The number of piperazine rings is 1. The molecule has 2 atom stereocenters. The number of pyridine rings is 2. The number of hydrogen-bond acceptors (Lipinski definition) is 6. The monoisotopic (exact) mass is 389 g/mol. The summed E-state index contributed by atoms with van der Waals surface area (Å²) in [6.07, 6.45) is 9.18. The molecule has 2 saturated heterocycles. The molecule has 2 aromatic rings. The number of amides is 1. The van der Waals surface area contributed by atoms with Gasteiger partial charge in [0.15, 0.2) is 0 Å². The van der Waals surface area contributed by atoms with E-state index < -0.39 is 0 Å². The van der Waals surface area contributed by atoms with E-state index in [1.165, 1.54) is 0 Å². The minimum absolute atomic E-state index is 0.0645. The van der Waals surface area contributed by atoms with Crippen molar-refractivity contribution in [3.8, 4) is 6.07 Å². The predicted octanol–water partition coefficient (Wildman–Crippen LogP) is 2.23. The summed E-state index contributed by atoms with van der Waals surface area (Å²) in [6, 6.07) is 10.3. The van der Waals surface area contributed by atoms with Crippen LogP contribution < -0.4 is 4.90 Å². The Labute approximate surface area is 169 Å². The van der Waals surface area contributed by atoms with Crippen LogP contribution in [0, 0.1) is 11.3 Å². The third-order valence-corrected chi connectivity index (χ3v) is 6.36. The van der Waals surface area contributed by atoms with Crippen molar-refractivity contribution in [3.63, 3.8) is 0 Å². The summed E-state index contributed by atoms with van der Waals surface area (Å²) in [5, 5.41) is 8.97. The van der Waals surface area contributed by atoms with E-state index in [4.69, 9.17) is 10.00 Å². The number of anilines is 1. The van der Waals surface area contributed by atoms with E-state index in [2.05, 4.69) is 20.9 Å². The minimum atomic E-state index is -0.300. The zero-order valence-corrected chi connectivity index (χ0v) is 16.2. The molecular formula is C22H23N5O2. The number of rotatable bonds is 5. The molecule has 0 aromatic carbocycles. The summed E-state index contributed by atoms with van der Waals surface area (Å²) in [5.41, 5.74) is 1.37. The Balaban J connectivity index is 1.22. The molecule has 3 fully saturated rings. The number of fused-ring (bicyclic) bond motifs is 2. The van der Waals surface area contributed by atoms with E-state index >= 15 is 0 Å². The van der Waals surface area contributed by atoms with Crippen molar-refractivity contribution in [3.05, 3.63) is 54.0 Å². The molecule has 1 saturated carbocycles. The molecule has 1 amide bonds. The molecule has 2 aromatic heterocycles. The molecule has 0 spiro atoms. The highest BCUT2D eigenvalue weighted by Crippen LogP contribution is 2.49. The van der Waals surface area contributed by atoms with Crippen molar-refractivity contribution in [1.82, 2.24) is 14.9 Å². The van der Waals surface area contributed by atoms with Gasteiger partial charge in [0.05, 0.1) is 11.2 Å². The van der Waals surface area contributed by atoms with Gasteiger partial charge in [-0.2, -0.15) is 5.26 Å². The van der Waals surface area contributed by atoms with Crippen LogP contribution in [-0.2, 0) is 15.1 Å². The van der Waals surface area contributed by atoms with Gasteiger partial charge in [-0.25, -0.2) is 4.98 Å². The van der Waals surface area contributed by atoms with Gasteiger partial charge in [-0.3, -0.25) is 9.78 Å². The topological polar surface area (TPSA) is 82.4 Å². The van der Waals surface area contributed by atoms with E-state index in [-0.39, 0.29) is 30.2 Å². The average molecular weight is 389 g/mol. The lowest BCUT2D eigenvalue weighted by atomic mass is 10.1. The molecule has 0 N–H and O–H groups in total. The smallest absolute Gasteiger partial charge is 0.248 e. The molecule has 29 heavy (non-hydrogen) atoms. The van der Waals surface area contributed by atoms with Crippen LogP contribution in [0.4, 0.5) is 5.82 Å². The van der Waals surface area contributed by atoms with Gasteiger partial charge in [0.2, 0.25) is 5.91 Å². The van der Waals surface area contributed by atoms with Crippen molar-refractivity contribution < 1.29 is 9.53 Å². The van der Waals surface area contributed by atoms with E-state index in [9.17, 15) is 4.79 Å². The van der Waals surface area contributed by atoms with Crippen molar-refractivity contribution in [2.75, 3.05) is 24.6 Å². The van der Waals surface area contributed by atoms with Gasteiger partial charge in [0, 0.05) is 43.8 Å². The minimum Gasteiger partial charge on any atom is -0.360 e. The molecule has 1 unspecified atom stereocenters. The maximum Gasteiger partial charge on any atom is 0.248 e.